The molecule has 132 valence electrons. The second kappa shape index (κ2) is 6.87. The largest absolute Gasteiger partial charge is 0.507 e. The molecule has 0 aliphatic carbocycles. The minimum Gasteiger partial charge on any atom is -0.507 e. The first-order valence-electron chi connectivity index (χ1n) is 7.57. The average molecular weight is 358 g/mol. The summed E-state index contributed by atoms with van der Waals surface area (Å²) in [5.74, 6) is -0.812. The lowest BCUT2D eigenvalue weighted by Crippen LogP contribution is -2.18. The molecule has 1 amide bonds. The van der Waals surface area contributed by atoms with Gasteiger partial charge in [-0.15, -0.1) is 0 Å². The number of amides is 1. The molecule has 0 fully saturated rings. The molecule has 0 radical (unpaired) electrons. The molecular weight excluding hydrogens is 345 g/mol. The first-order valence-corrected chi connectivity index (χ1v) is 7.57. The maximum Gasteiger partial charge on any atom is 0.416 e. The molecule has 4 nitrogen and oxygen atoms in total. The van der Waals surface area contributed by atoms with Crippen LogP contribution < -0.4 is 5.43 Å². The molecule has 0 aliphatic heterocycles. The lowest BCUT2D eigenvalue weighted by Gasteiger charge is -2.08. The van der Waals surface area contributed by atoms with Crippen LogP contribution in [0.25, 0.3) is 10.8 Å². The number of hydrazone groups is 1. The van der Waals surface area contributed by atoms with E-state index in [1.54, 1.807) is 18.2 Å². The molecule has 3 aromatic rings. The molecule has 0 heterocycles. The second-order valence-corrected chi connectivity index (χ2v) is 5.50. The van der Waals surface area contributed by atoms with E-state index in [0.717, 1.165) is 29.0 Å². The summed E-state index contributed by atoms with van der Waals surface area (Å²) >= 11 is 0. The van der Waals surface area contributed by atoms with Gasteiger partial charge in [0.2, 0.25) is 0 Å². The summed E-state index contributed by atoms with van der Waals surface area (Å²) in [5, 5.41) is 15.3. The molecule has 0 aliphatic rings. The first-order chi connectivity index (χ1) is 12.4. The number of fused-ring (bicyclic) bond motifs is 1. The van der Waals surface area contributed by atoms with E-state index in [0.29, 0.717) is 5.56 Å². The smallest absolute Gasteiger partial charge is 0.416 e. The van der Waals surface area contributed by atoms with Gasteiger partial charge in [0.05, 0.1) is 11.8 Å². The van der Waals surface area contributed by atoms with Gasteiger partial charge in [-0.2, -0.15) is 18.3 Å². The van der Waals surface area contributed by atoms with Crippen molar-refractivity contribution >= 4 is 22.9 Å². The number of phenols is 1. The van der Waals surface area contributed by atoms with E-state index < -0.39 is 17.6 Å². The van der Waals surface area contributed by atoms with Crippen molar-refractivity contribution in [2.24, 2.45) is 5.10 Å². The molecule has 3 aromatic carbocycles. The van der Waals surface area contributed by atoms with Crippen molar-refractivity contribution in [1.82, 2.24) is 5.43 Å². The quantitative estimate of drug-likeness (QED) is 0.541. The van der Waals surface area contributed by atoms with Gasteiger partial charge in [0.15, 0.2) is 0 Å². The number of aromatic hydroxyl groups is 1. The van der Waals surface area contributed by atoms with E-state index in [2.05, 4.69) is 10.5 Å². The van der Waals surface area contributed by atoms with E-state index in [1.807, 2.05) is 12.1 Å². The summed E-state index contributed by atoms with van der Waals surface area (Å²) in [4.78, 5) is 12.0. The number of carbonyl (C=O) groups is 1. The SMILES string of the molecule is O=C(NN=Cc1c(O)ccc2ccccc12)c1cccc(C(F)(F)F)c1. The van der Waals surface area contributed by atoms with Crippen molar-refractivity contribution < 1.29 is 23.1 Å². The topological polar surface area (TPSA) is 61.7 Å². The number of rotatable bonds is 3. The summed E-state index contributed by atoms with van der Waals surface area (Å²) in [6.45, 7) is 0. The molecule has 7 heteroatoms. The third-order valence-corrected chi connectivity index (χ3v) is 3.76. The molecule has 0 unspecified atom stereocenters. The van der Waals surface area contributed by atoms with E-state index in [-0.39, 0.29) is 11.3 Å². The van der Waals surface area contributed by atoms with Crippen LogP contribution in [0.4, 0.5) is 13.2 Å². The van der Waals surface area contributed by atoms with Crippen LogP contribution >= 0.6 is 0 Å². The number of nitrogens with one attached hydrogen (secondary N) is 1. The average Bonchev–Trinajstić information content (AvgIpc) is 2.63. The predicted molar refractivity (Wildman–Crippen MR) is 92.1 cm³/mol. The Morgan fingerprint density at radius 2 is 1.81 bits per heavy atom. The fraction of sp³-hybridized carbons (Fsp3) is 0.0526. The van der Waals surface area contributed by atoms with Gasteiger partial charge in [0, 0.05) is 11.1 Å². The van der Waals surface area contributed by atoms with Gasteiger partial charge < -0.3 is 5.11 Å². The van der Waals surface area contributed by atoms with Crippen LogP contribution in [0, 0.1) is 0 Å². The van der Waals surface area contributed by atoms with E-state index in [1.165, 1.54) is 18.3 Å². The van der Waals surface area contributed by atoms with Crippen molar-refractivity contribution in [3.05, 3.63) is 77.4 Å². The number of hydrogen-bond acceptors (Lipinski definition) is 3. The van der Waals surface area contributed by atoms with Crippen LogP contribution in [0.3, 0.4) is 0 Å². The Bertz CT molecular complexity index is 997. The van der Waals surface area contributed by atoms with Crippen LogP contribution in [0.2, 0.25) is 0 Å². The highest BCUT2D eigenvalue weighted by Gasteiger charge is 2.30. The van der Waals surface area contributed by atoms with Gasteiger partial charge in [0.25, 0.3) is 5.91 Å². The van der Waals surface area contributed by atoms with Crippen LogP contribution in [0.15, 0.2) is 65.8 Å². The maximum absolute atomic E-state index is 12.7. The van der Waals surface area contributed by atoms with Crippen molar-refractivity contribution in [1.29, 1.82) is 0 Å². The number of carbonyl (C=O) groups excluding carboxylic acids is 1. The van der Waals surface area contributed by atoms with E-state index in [4.69, 9.17) is 0 Å². The molecule has 0 atom stereocenters. The van der Waals surface area contributed by atoms with Gasteiger partial charge in [-0.1, -0.05) is 36.4 Å². The zero-order valence-corrected chi connectivity index (χ0v) is 13.3. The van der Waals surface area contributed by atoms with Crippen LogP contribution in [-0.2, 0) is 6.18 Å². The normalized spacial score (nSPS) is 11.8. The lowest BCUT2D eigenvalue weighted by atomic mass is 10.0. The lowest BCUT2D eigenvalue weighted by molar-refractivity contribution is -0.137. The molecule has 2 N–H and O–H groups in total. The Labute approximate surface area is 146 Å². The van der Waals surface area contributed by atoms with Gasteiger partial charge >= 0.3 is 6.18 Å². The Balaban J connectivity index is 1.82. The Morgan fingerprint density at radius 3 is 2.58 bits per heavy atom. The zero-order valence-electron chi connectivity index (χ0n) is 13.3. The minimum atomic E-state index is -4.53. The second-order valence-electron chi connectivity index (χ2n) is 5.50. The summed E-state index contributed by atoms with van der Waals surface area (Å²) < 4.78 is 38.1. The summed E-state index contributed by atoms with van der Waals surface area (Å²) in [6, 6.07) is 14.6. The maximum atomic E-state index is 12.7. The van der Waals surface area contributed by atoms with Crippen LogP contribution in [-0.4, -0.2) is 17.2 Å². The number of benzene rings is 3. The monoisotopic (exact) mass is 358 g/mol. The number of phenolic OH excluding ortho intramolecular Hbond substituents is 1. The fourth-order valence-electron chi connectivity index (χ4n) is 2.48. The Kier molecular flexibility index (Phi) is 4.62. The number of nitrogens with zero attached hydrogens (tertiary/aromatic N) is 1. The van der Waals surface area contributed by atoms with Crippen molar-refractivity contribution in [3.8, 4) is 5.75 Å². The number of alkyl halides is 3. The molecular formula is C19H13F3N2O2. The van der Waals surface area contributed by atoms with Crippen LogP contribution in [0.1, 0.15) is 21.5 Å². The molecule has 0 saturated carbocycles. The minimum absolute atomic E-state index is 0.0271. The summed E-state index contributed by atoms with van der Waals surface area (Å²) in [5.41, 5.74) is 1.48. The van der Waals surface area contributed by atoms with Gasteiger partial charge in [-0.25, -0.2) is 5.43 Å². The van der Waals surface area contributed by atoms with Crippen LogP contribution in [0.5, 0.6) is 5.75 Å². The van der Waals surface area contributed by atoms with Crippen molar-refractivity contribution in [3.63, 3.8) is 0 Å². The van der Waals surface area contributed by atoms with Gasteiger partial charge in [0.1, 0.15) is 5.75 Å². The zero-order chi connectivity index (χ0) is 18.7. The van der Waals surface area contributed by atoms with Gasteiger partial charge in [-0.3, -0.25) is 4.79 Å². The Morgan fingerprint density at radius 1 is 1.04 bits per heavy atom. The van der Waals surface area contributed by atoms with E-state index >= 15 is 0 Å². The molecule has 0 saturated heterocycles. The molecule has 3 rings (SSSR count). The Hall–Kier alpha value is -3.35. The fourth-order valence-corrected chi connectivity index (χ4v) is 2.48. The summed E-state index contributed by atoms with van der Waals surface area (Å²) in [6.07, 6.45) is -3.28. The first kappa shape index (κ1) is 17.5. The molecule has 0 bridgehead atoms. The van der Waals surface area contributed by atoms with E-state index in [9.17, 15) is 23.1 Å². The summed E-state index contributed by atoms with van der Waals surface area (Å²) in [7, 11) is 0. The third kappa shape index (κ3) is 3.66. The highest BCUT2D eigenvalue weighted by Crippen LogP contribution is 2.29. The van der Waals surface area contributed by atoms with Gasteiger partial charge in [-0.05, 0) is 35.0 Å². The highest BCUT2D eigenvalue weighted by molar-refractivity contribution is 6.03. The third-order valence-electron chi connectivity index (χ3n) is 3.76. The standard InChI is InChI=1S/C19H13F3N2O2/c20-19(21,22)14-6-3-5-13(10-14)18(26)24-23-11-16-15-7-2-1-4-12(15)8-9-17(16)25/h1-11,25H,(H,24,26). The van der Waals surface area contributed by atoms with Crippen molar-refractivity contribution in [2.75, 3.05) is 0 Å². The highest BCUT2D eigenvalue weighted by atomic mass is 19.4. The number of halogens is 3. The molecule has 0 aromatic heterocycles. The van der Waals surface area contributed by atoms with Crippen molar-refractivity contribution in [2.45, 2.75) is 6.18 Å². The predicted octanol–water partition coefficient (Wildman–Crippen LogP) is 4.33. The number of hydrogen-bond donors (Lipinski definition) is 2. The molecule has 26 heavy (non-hydrogen) atoms. The molecule has 0 spiro atoms.